The summed E-state index contributed by atoms with van der Waals surface area (Å²) >= 11 is 7.68. The van der Waals surface area contributed by atoms with Gasteiger partial charge in [0.1, 0.15) is 5.75 Å². The molecule has 1 atom stereocenters. The maximum absolute atomic E-state index is 5.99. The number of ether oxygens (including phenoxy) is 1. The van der Waals surface area contributed by atoms with Crippen LogP contribution in [0.2, 0.25) is 5.02 Å². The van der Waals surface area contributed by atoms with E-state index >= 15 is 0 Å². The summed E-state index contributed by atoms with van der Waals surface area (Å²) in [5.74, 6) is 6.42. The van der Waals surface area contributed by atoms with Crippen LogP contribution in [0.25, 0.3) is 0 Å². The molecule has 0 bridgehead atoms. The third-order valence-electron chi connectivity index (χ3n) is 3.22. The summed E-state index contributed by atoms with van der Waals surface area (Å²) in [5, 5.41) is 1.70. The Balaban J connectivity index is 2.28. The topological polar surface area (TPSA) is 60.2 Å². The van der Waals surface area contributed by atoms with Crippen molar-refractivity contribution in [2.24, 2.45) is 5.84 Å². The van der Waals surface area contributed by atoms with E-state index in [9.17, 15) is 0 Å². The predicted molar refractivity (Wildman–Crippen MR) is 83.4 cm³/mol. The van der Waals surface area contributed by atoms with Gasteiger partial charge < -0.3 is 4.74 Å². The van der Waals surface area contributed by atoms with E-state index in [0.29, 0.717) is 11.4 Å². The fourth-order valence-electron chi connectivity index (χ4n) is 2.03. The molecule has 0 fully saturated rings. The number of hydrazine groups is 1. The number of rotatable bonds is 5. The van der Waals surface area contributed by atoms with E-state index in [1.165, 1.54) is 4.88 Å². The number of aromatic nitrogens is 1. The quantitative estimate of drug-likeness (QED) is 0.658. The van der Waals surface area contributed by atoms with Gasteiger partial charge in [0, 0.05) is 21.9 Å². The van der Waals surface area contributed by atoms with Crippen LogP contribution in [0, 0.1) is 13.8 Å². The molecule has 0 saturated heterocycles. The average Bonchev–Trinajstić information content (AvgIpc) is 2.75. The lowest BCUT2D eigenvalue weighted by Crippen LogP contribution is -2.29. The van der Waals surface area contributed by atoms with Crippen molar-refractivity contribution in [1.82, 2.24) is 10.4 Å². The minimum absolute atomic E-state index is 0.0628. The van der Waals surface area contributed by atoms with Crippen molar-refractivity contribution in [3.05, 3.63) is 44.4 Å². The second-order valence-corrected chi connectivity index (χ2v) is 6.28. The van der Waals surface area contributed by atoms with Crippen LogP contribution in [0.1, 0.15) is 27.2 Å². The molecule has 0 aliphatic heterocycles. The third-order valence-corrected chi connectivity index (χ3v) is 4.55. The average molecular weight is 312 g/mol. The zero-order valence-corrected chi connectivity index (χ0v) is 13.3. The number of benzene rings is 1. The minimum Gasteiger partial charge on any atom is -0.496 e. The number of nitrogens with two attached hydrogens (primary N) is 1. The van der Waals surface area contributed by atoms with Crippen molar-refractivity contribution >= 4 is 22.9 Å². The van der Waals surface area contributed by atoms with Gasteiger partial charge in [0.15, 0.2) is 0 Å². The van der Waals surface area contributed by atoms with Crippen LogP contribution >= 0.6 is 22.9 Å². The molecule has 0 aliphatic rings. The van der Waals surface area contributed by atoms with Gasteiger partial charge in [0.2, 0.25) is 0 Å². The van der Waals surface area contributed by atoms with Gasteiger partial charge in [-0.25, -0.2) is 4.98 Å². The van der Waals surface area contributed by atoms with Crippen molar-refractivity contribution in [1.29, 1.82) is 0 Å². The monoisotopic (exact) mass is 311 g/mol. The Labute approximate surface area is 127 Å². The van der Waals surface area contributed by atoms with Gasteiger partial charge in [-0.2, -0.15) is 0 Å². The Bertz CT molecular complexity index is 581. The van der Waals surface area contributed by atoms with Crippen LogP contribution in [0.15, 0.2) is 18.2 Å². The maximum atomic E-state index is 5.99. The van der Waals surface area contributed by atoms with E-state index < -0.39 is 0 Å². The van der Waals surface area contributed by atoms with Crippen LogP contribution in [-0.4, -0.2) is 12.1 Å². The van der Waals surface area contributed by atoms with Crippen molar-refractivity contribution in [2.75, 3.05) is 7.11 Å². The maximum Gasteiger partial charge on any atom is 0.125 e. The molecule has 2 rings (SSSR count). The first-order valence-electron chi connectivity index (χ1n) is 6.27. The molecule has 20 heavy (non-hydrogen) atoms. The van der Waals surface area contributed by atoms with Crippen LogP contribution in [0.5, 0.6) is 5.75 Å². The zero-order valence-electron chi connectivity index (χ0n) is 11.7. The summed E-state index contributed by atoms with van der Waals surface area (Å²) in [7, 11) is 1.63. The molecule has 0 aliphatic carbocycles. The highest BCUT2D eigenvalue weighted by atomic mass is 35.5. The highest BCUT2D eigenvalue weighted by Gasteiger charge is 2.18. The van der Waals surface area contributed by atoms with Crippen LogP contribution in [0.3, 0.4) is 0 Å². The van der Waals surface area contributed by atoms with Crippen molar-refractivity contribution < 1.29 is 4.74 Å². The van der Waals surface area contributed by atoms with E-state index in [2.05, 4.69) is 17.3 Å². The number of hydrogen-bond donors (Lipinski definition) is 2. The first-order valence-corrected chi connectivity index (χ1v) is 7.47. The summed E-state index contributed by atoms with van der Waals surface area (Å²) in [6.45, 7) is 4.09. The summed E-state index contributed by atoms with van der Waals surface area (Å²) in [6, 6.07) is 5.49. The Morgan fingerprint density at radius 3 is 2.75 bits per heavy atom. The first-order chi connectivity index (χ1) is 9.55. The largest absolute Gasteiger partial charge is 0.496 e. The second-order valence-electron chi connectivity index (χ2n) is 4.56. The predicted octanol–water partition coefficient (Wildman–Crippen LogP) is 3.17. The summed E-state index contributed by atoms with van der Waals surface area (Å²) < 4.78 is 5.38. The van der Waals surface area contributed by atoms with Gasteiger partial charge in [0.05, 0.1) is 23.9 Å². The van der Waals surface area contributed by atoms with Gasteiger partial charge in [0.25, 0.3) is 0 Å². The van der Waals surface area contributed by atoms with Gasteiger partial charge in [-0.1, -0.05) is 17.7 Å². The fraction of sp³-hybridized carbons (Fsp3) is 0.357. The van der Waals surface area contributed by atoms with E-state index in [-0.39, 0.29) is 6.04 Å². The SMILES string of the molecule is COc1cc(Cl)ccc1C(Cc1nc(C)c(C)s1)NN. The highest BCUT2D eigenvalue weighted by Crippen LogP contribution is 2.31. The van der Waals surface area contributed by atoms with Crippen LogP contribution in [0.4, 0.5) is 0 Å². The normalized spacial score (nSPS) is 12.4. The Kier molecular flexibility index (Phi) is 4.99. The number of nitrogens with zero attached hydrogens (tertiary/aromatic N) is 1. The molecule has 0 spiro atoms. The standard InChI is InChI=1S/C14H18ClN3OS/c1-8-9(2)20-14(17-8)7-12(18-16)11-5-4-10(15)6-13(11)19-3/h4-6,12,18H,7,16H2,1-3H3. The molecule has 2 aromatic rings. The highest BCUT2D eigenvalue weighted by molar-refractivity contribution is 7.11. The van der Waals surface area contributed by atoms with Crippen LogP contribution < -0.4 is 16.0 Å². The number of methoxy groups -OCH3 is 1. The van der Waals surface area contributed by atoms with Gasteiger partial charge >= 0.3 is 0 Å². The molecule has 1 aromatic heterocycles. The Morgan fingerprint density at radius 2 is 2.20 bits per heavy atom. The summed E-state index contributed by atoms with van der Waals surface area (Å²) in [5.41, 5.74) is 4.88. The Hall–Kier alpha value is -1.14. The molecule has 108 valence electrons. The van der Waals surface area contributed by atoms with Crippen molar-refractivity contribution in [3.8, 4) is 5.75 Å². The number of nitrogens with one attached hydrogen (secondary N) is 1. The molecular formula is C14H18ClN3OS. The minimum atomic E-state index is -0.0628. The van der Waals surface area contributed by atoms with E-state index in [1.54, 1.807) is 24.5 Å². The van der Waals surface area contributed by atoms with E-state index in [0.717, 1.165) is 22.0 Å². The van der Waals surface area contributed by atoms with Gasteiger partial charge in [-0.15, -0.1) is 11.3 Å². The Morgan fingerprint density at radius 1 is 1.45 bits per heavy atom. The van der Waals surface area contributed by atoms with Crippen molar-refractivity contribution in [2.45, 2.75) is 26.3 Å². The first kappa shape index (κ1) is 15.3. The van der Waals surface area contributed by atoms with Crippen LogP contribution in [-0.2, 0) is 6.42 Å². The second kappa shape index (κ2) is 6.54. The number of hydrogen-bond acceptors (Lipinski definition) is 5. The number of aryl methyl sites for hydroxylation is 2. The molecule has 4 nitrogen and oxygen atoms in total. The van der Waals surface area contributed by atoms with Gasteiger partial charge in [-0.05, 0) is 26.0 Å². The van der Waals surface area contributed by atoms with E-state index in [4.69, 9.17) is 22.2 Å². The molecule has 0 amide bonds. The molecule has 1 unspecified atom stereocenters. The molecule has 6 heteroatoms. The molecule has 3 N–H and O–H groups in total. The smallest absolute Gasteiger partial charge is 0.125 e. The molecule has 1 heterocycles. The lowest BCUT2D eigenvalue weighted by molar-refractivity contribution is 0.399. The number of halogens is 1. The zero-order chi connectivity index (χ0) is 14.7. The van der Waals surface area contributed by atoms with E-state index in [1.807, 2.05) is 19.1 Å². The molecule has 0 saturated carbocycles. The summed E-state index contributed by atoms with van der Waals surface area (Å²) in [6.07, 6.45) is 0.716. The van der Waals surface area contributed by atoms with Crippen molar-refractivity contribution in [3.63, 3.8) is 0 Å². The van der Waals surface area contributed by atoms with Gasteiger partial charge in [-0.3, -0.25) is 11.3 Å². The summed E-state index contributed by atoms with van der Waals surface area (Å²) in [4.78, 5) is 5.79. The fourth-order valence-corrected chi connectivity index (χ4v) is 3.17. The number of thiazole rings is 1. The molecule has 1 aromatic carbocycles. The molecule has 0 radical (unpaired) electrons. The third kappa shape index (κ3) is 3.30. The lowest BCUT2D eigenvalue weighted by Gasteiger charge is -2.18. The molecular weight excluding hydrogens is 294 g/mol. The lowest BCUT2D eigenvalue weighted by atomic mass is 10.0.